The van der Waals surface area contributed by atoms with E-state index in [0.29, 0.717) is 24.1 Å². The lowest BCUT2D eigenvalue weighted by molar-refractivity contribution is -0.118. The number of ketones is 1. The predicted octanol–water partition coefficient (Wildman–Crippen LogP) is 2.64. The fourth-order valence-corrected chi connectivity index (χ4v) is 2.34. The van der Waals surface area contributed by atoms with Crippen LogP contribution in [0.1, 0.15) is 17.7 Å². The summed E-state index contributed by atoms with van der Waals surface area (Å²) in [5, 5.41) is 0.00644. The van der Waals surface area contributed by atoms with Crippen LogP contribution in [-0.4, -0.2) is 10.8 Å². The van der Waals surface area contributed by atoms with Crippen molar-refractivity contribution in [2.75, 3.05) is 0 Å². The molecule has 1 aromatic heterocycles. The molecule has 1 aliphatic rings. The van der Waals surface area contributed by atoms with Crippen LogP contribution >= 0.6 is 0 Å². The zero-order valence-electron chi connectivity index (χ0n) is 8.74. The van der Waals surface area contributed by atoms with E-state index in [1.165, 1.54) is 0 Å². The number of aryl methyl sites for hydroxylation is 1. The molecule has 5 heteroatoms. The predicted molar refractivity (Wildman–Crippen MR) is 55.2 cm³/mol. The number of hydrogen-bond donors (Lipinski definition) is 1. The highest BCUT2D eigenvalue weighted by Gasteiger charge is 2.25. The zero-order valence-corrected chi connectivity index (χ0v) is 8.74. The Morgan fingerprint density at radius 2 is 1.88 bits per heavy atom. The quantitative estimate of drug-likeness (QED) is 0.704. The number of Topliss-reactive ketones (excluding diaryl/α,β-unsaturated/α-hetero) is 1. The SMILES string of the molecule is O=C1CCc2[nH]c3cc(F)c(F)c(F)c3c2C1. The molecule has 0 radical (unpaired) electrons. The fraction of sp³-hybridized carbons (Fsp3) is 0.250. The number of hydrogen-bond acceptors (Lipinski definition) is 1. The van der Waals surface area contributed by atoms with Gasteiger partial charge in [-0.25, -0.2) is 13.2 Å². The van der Waals surface area contributed by atoms with E-state index >= 15 is 0 Å². The lowest BCUT2D eigenvalue weighted by Gasteiger charge is -2.09. The highest BCUT2D eigenvalue weighted by molar-refractivity contribution is 5.93. The van der Waals surface area contributed by atoms with Gasteiger partial charge in [0.15, 0.2) is 17.5 Å². The number of halogens is 3. The molecule has 1 aromatic carbocycles. The van der Waals surface area contributed by atoms with Crippen molar-refractivity contribution in [3.05, 3.63) is 34.8 Å². The van der Waals surface area contributed by atoms with E-state index in [4.69, 9.17) is 0 Å². The van der Waals surface area contributed by atoms with Crippen molar-refractivity contribution in [1.82, 2.24) is 4.98 Å². The topological polar surface area (TPSA) is 32.9 Å². The van der Waals surface area contributed by atoms with Crippen molar-refractivity contribution >= 4 is 16.7 Å². The van der Waals surface area contributed by atoms with Gasteiger partial charge in [-0.2, -0.15) is 0 Å². The van der Waals surface area contributed by atoms with Gasteiger partial charge in [-0.1, -0.05) is 0 Å². The number of aromatic nitrogens is 1. The molecule has 2 nitrogen and oxygen atoms in total. The number of nitrogens with one attached hydrogen (secondary N) is 1. The van der Waals surface area contributed by atoms with Gasteiger partial charge in [-0.05, 0) is 12.0 Å². The molecule has 0 fully saturated rings. The Hall–Kier alpha value is -1.78. The molecule has 17 heavy (non-hydrogen) atoms. The lowest BCUT2D eigenvalue weighted by atomic mass is 9.94. The molecule has 88 valence electrons. The van der Waals surface area contributed by atoms with Crippen LogP contribution in [0.25, 0.3) is 10.9 Å². The molecule has 2 aromatic rings. The Morgan fingerprint density at radius 3 is 2.65 bits per heavy atom. The summed E-state index contributed by atoms with van der Waals surface area (Å²) in [6, 6.07) is 0.927. The highest BCUT2D eigenvalue weighted by atomic mass is 19.2. The molecule has 0 saturated carbocycles. The summed E-state index contributed by atoms with van der Waals surface area (Å²) >= 11 is 0. The third kappa shape index (κ3) is 1.38. The molecule has 0 bridgehead atoms. The van der Waals surface area contributed by atoms with Crippen LogP contribution in [0.15, 0.2) is 6.07 Å². The van der Waals surface area contributed by atoms with Gasteiger partial charge < -0.3 is 4.98 Å². The van der Waals surface area contributed by atoms with Gasteiger partial charge in [0.2, 0.25) is 0 Å². The molecule has 0 unspecified atom stereocenters. The Balaban J connectivity index is 2.38. The molecule has 0 saturated heterocycles. The average molecular weight is 239 g/mol. The zero-order chi connectivity index (χ0) is 12.2. The van der Waals surface area contributed by atoms with E-state index in [1.54, 1.807) is 0 Å². The fourth-order valence-electron chi connectivity index (χ4n) is 2.34. The lowest BCUT2D eigenvalue weighted by Crippen LogP contribution is -2.12. The van der Waals surface area contributed by atoms with Crippen molar-refractivity contribution in [2.24, 2.45) is 0 Å². The Morgan fingerprint density at radius 1 is 1.12 bits per heavy atom. The second-order valence-electron chi connectivity index (χ2n) is 4.21. The highest BCUT2D eigenvalue weighted by Crippen LogP contribution is 2.31. The minimum absolute atomic E-state index is 0.00644. The van der Waals surface area contributed by atoms with E-state index in [-0.39, 0.29) is 23.1 Å². The van der Waals surface area contributed by atoms with Crippen LogP contribution in [0.4, 0.5) is 13.2 Å². The summed E-state index contributed by atoms with van der Waals surface area (Å²) in [5.41, 5.74) is 1.37. The summed E-state index contributed by atoms with van der Waals surface area (Å²) in [4.78, 5) is 14.2. The first-order chi connectivity index (χ1) is 8.08. The second-order valence-corrected chi connectivity index (χ2v) is 4.21. The van der Waals surface area contributed by atoms with E-state index in [2.05, 4.69) is 4.98 Å². The largest absolute Gasteiger partial charge is 0.358 e. The number of rotatable bonds is 0. The van der Waals surface area contributed by atoms with Gasteiger partial charge in [0.05, 0.1) is 5.52 Å². The molecule has 1 heterocycles. The van der Waals surface area contributed by atoms with Crippen molar-refractivity contribution in [2.45, 2.75) is 19.3 Å². The van der Waals surface area contributed by atoms with Gasteiger partial charge in [0, 0.05) is 30.0 Å². The standard InChI is InChI=1S/C12H8F3NO/c13-7-4-9-10(12(15)11(7)14)6-3-5(17)1-2-8(6)16-9/h4,16H,1-3H2. The van der Waals surface area contributed by atoms with Gasteiger partial charge >= 0.3 is 0 Å². The molecule has 1 aliphatic carbocycles. The number of fused-ring (bicyclic) bond motifs is 3. The number of aromatic amines is 1. The van der Waals surface area contributed by atoms with E-state index in [1.807, 2.05) is 0 Å². The summed E-state index contributed by atoms with van der Waals surface area (Å²) in [5.74, 6) is -3.94. The number of carbonyl (C=O) groups is 1. The maximum atomic E-state index is 13.7. The van der Waals surface area contributed by atoms with Gasteiger partial charge in [-0.15, -0.1) is 0 Å². The smallest absolute Gasteiger partial charge is 0.195 e. The molecule has 0 spiro atoms. The maximum Gasteiger partial charge on any atom is 0.195 e. The molecule has 0 amide bonds. The number of H-pyrrole nitrogens is 1. The minimum Gasteiger partial charge on any atom is -0.358 e. The van der Waals surface area contributed by atoms with Crippen molar-refractivity contribution in [3.8, 4) is 0 Å². The number of benzene rings is 1. The van der Waals surface area contributed by atoms with Gasteiger partial charge in [0.25, 0.3) is 0 Å². The molecule has 1 N–H and O–H groups in total. The second kappa shape index (κ2) is 3.35. The van der Waals surface area contributed by atoms with E-state index in [0.717, 1.165) is 6.07 Å². The monoisotopic (exact) mass is 239 g/mol. The van der Waals surface area contributed by atoms with Gasteiger partial charge in [-0.3, -0.25) is 4.79 Å². The summed E-state index contributed by atoms with van der Waals surface area (Å²) in [6.45, 7) is 0. The van der Waals surface area contributed by atoms with Crippen LogP contribution in [0.2, 0.25) is 0 Å². The molecule has 3 rings (SSSR count). The van der Waals surface area contributed by atoms with Crippen LogP contribution in [-0.2, 0) is 17.6 Å². The summed E-state index contributed by atoms with van der Waals surface area (Å²) < 4.78 is 39.9. The Kier molecular flexibility index (Phi) is 2.05. The Labute approximate surface area is 94.4 Å². The van der Waals surface area contributed by atoms with Crippen molar-refractivity contribution in [3.63, 3.8) is 0 Å². The number of carbonyl (C=O) groups excluding carboxylic acids is 1. The van der Waals surface area contributed by atoms with Crippen LogP contribution in [0.5, 0.6) is 0 Å². The van der Waals surface area contributed by atoms with E-state index < -0.39 is 17.5 Å². The minimum atomic E-state index is -1.49. The molecule has 0 atom stereocenters. The third-order valence-electron chi connectivity index (χ3n) is 3.14. The average Bonchev–Trinajstić information content (AvgIpc) is 2.63. The Bertz CT molecular complexity index is 645. The molecule has 0 aliphatic heterocycles. The van der Waals surface area contributed by atoms with Gasteiger partial charge in [0.1, 0.15) is 5.78 Å². The summed E-state index contributed by atoms with van der Waals surface area (Å²) in [6.07, 6.45) is 0.926. The maximum absolute atomic E-state index is 13.7. The normalized spacial score (nSPS) is 15.4. The first-order valence-electron chi connectivity index (χ1n) is 5.26. The van der Waals surface area contributed by atoms with Crippen molar-refractivity contribution < 1.29 is 18.0 Å². The molecular weight excluding hydrogens is 231 g/mol. The first kappa shape index (κ1) is 10.4. The molecular formula is C12H8F3NO. The van der Waals surface area contributed by atoms with Crippen molar-refractivity contribution in [1.29, 1.82) is 0 Å². The van der Waals surface area contributed by atoms with Crippen LogP contribution in [0, 0.1) is 17.5 Å². The van der Waals surface area contributed by atoms with Crippen LogP contribution in [0.3, 0.4) is 0 Å². The van der Waals surface area contributed by atoms with Crippen LogP contribution < -0.4 is 0 Å². The third-order valence-corrected chi connectivity index (χ3v) is 3.14. The first-order valence-corrected chi connectivity index (χ1v) is 5.26. The summed E-state index contributed by atoms with van der Waals surface area (Å²) in [7, 11) is 0. The van der Waals surface area contributed by atoms with E-state index in [9.17, 15) is 18.0 Å².